The first kappa shape index (κ1) is 19.1. The highest BCUT2D eigenvalue weighted by Crippen LogP contribution is 2.24. The number of carbonyl (C=O) groups excluding carboxylic acids is 2. The van der Waals surface area contributed by atoms with Gasteiger partial charge in [-0.05, 0) is 47.9 Å². The molecule has 3 aromatic carbocycles. The third-order valence-electron chi connectivity index (χ3n) is 4.85. The van der Waals surface area contributed by atoms with Crippen molar-refractivity contribution in [1.82, 2.24) is 4.57 Å². The molecule has 0 N–H and O–H groups in total. The Balaban J connectivity index is 1.93. The van der Waals surface area contributed by atoms with E-state index >= 15 is 0 Å². The molecule has 4 aromatic rings. The van der Waals surface area contributed by atoms with Crippen molar-refractivity contribution in [3.8, 4) is 0 Å². The Morgan fingerprint density at radius 1 is 1.07 bits per heavy atom. The highest BCUT2D eigenvalue weighted by Gasteiger charge is 2.15. The molecule has 29 heavy (non-hydrogen) atoms. The molecule has 0 saturated heterocycles. The van der Waals surface area contributed by atoms with Crippen LogP contribution in [0, 0.1) is 13.8 Å². The topological polar surface area (TPSA) is 60.7 Å². The summed E-state index contributed by atoms with van der Waals surface area (Å²) in [7, 11) is 1.35. The van der Waals surface area contributed by atoms with Gasteiger partial charge in [0.25, 0.3) is 5.91 Å². The maximum atomic E-state index is 13.1. The zero-order valence-corrected chi connectivity index (χ0v) is 17.2. The number of nitrogens with zero attached hydrogens (tertiary/aromatic N) is 2. The predicted octanol–water partition coefficient (Wildman–Crippen LogP) is 4.39. The van der Waals surface area contributed by atoms with Crippen molar-refractivity contribution in [3.63, 3.8) is 0 Å². The van der Waals surface area contributed by atoms with Crippen LogP contribution in [0.15, 0.2) is 59.6 Å². The minimum atomic E-state index is -0.386. The monoisotopic (exact) mass is 404 g/mol. The molecular formula is C23H20N2O3S. The van der Waals surface area contributed by atoms with Crippen LogP contribution in [0.3, 0.4) is 0 Å². The Morgan fingerprint density at radius 2 is 1.83 bits per heavy atom. The lowest BCUT2D eigenvalue weighted by Crippen LogP contribution is -2.22. The summed E-state index contributed by atoms with van der Waals surface area (Å²) in [5, 5.41) is 1.84. The van der Waals surface area contributed by atoms with Crippen molar-refractivity contribution >= 4 is 44.2 Å². The second-order valence-electron chi connectivity index (χ2n) is 6.92. The van der Waals surface area contributed by atoms with Crippen LogP contribution in [-0.2, 0) is 16.1 Å². The molecule has 0 aliphatic heterocycles. The number of benzene rings is 3. The summed E-state index contributed by atoms with van der Waals surface area (Å²) >= 11 is 1.41. The van der Waals surface area contributed by atoms with Gasteiger partial charge in [0.2, 0.25) is 0 Å². The Bertz CT molecular complexity index is 1330. The molecule has 4 rings (SSSR count). The number of rotatable bonds is 3. The minimum Gasteiger partial charge on any atom is -0.468 e. The smallest absolute Gasteiger partial charge is 0.325 e. The largest absolute Gasteiger partial charge is 0.468 e. The third-order valence-corrected chi connectivity index (χ3v) is 6.08. The first-order chi connectivity index (χ1) is 14.0. The van der Waals surface area contributed by atoms with Crippen molar-refractivity contribution in [2.45, 2.75) is 20.4 Å². The quantitative estimate of drug-likeness (QED) is 0.476. The number of methoxy groups -OCH3 is 1. The van der Waals surface area contributed by atoms with E-state index in [-0.39, 0.29) is 18.4 Å². The summed E-state index contributed by atoms with van der Waals surface area (Å²) in [6, 6.07) is 17.4. The van der Waals surface area contributed by atoms with Gasteiger partial charge in [-0.1, -0.05) is 53.8 Å². The van der Waals surface area contributed by atoms with Gasteiger partial charge in [-0.3, -0.25) is 9.59 Å². The van der Waals surface area contributed by atoms with E-state index < -0.39 is 0 Å². The molecular weight excluding hydrogens is 384 g/mol. The van der Waals surface area contributed by atoms with Gasteiger partial charge in [0.15, 0.2) is 4.80 Å². The van der Waals surface area contributed by atoms with Gasteiger partial charge < -0.3 is 9.30 Å². The van der Waals surface area contributed by atoms with Gasteiger partial charge >= 0.3 is 5.97 Å². The second-order valence-corrected chi connectivity index (χ2v) is 7.90. The van der Waals surface area contributed by atoms with E-state index in [1.165, 1.54) is 18.4 Å². The molecule has 0 fully saturated rings. The molecule has 5 nitrogen and oxygen atoms in total. The van der Waals surface area contributed by atoms with Crippen molar-refractivity contribution in [2.75, 3.05) is 7.11 Å². The summed E-state index contributed by atoms with van der Waals surface area (Å²) in [5.74, 6) is -0.718. The summed E-state index contributed by atoms with van der Waals surface area (Å²) in [5.41, 5.74) is 3.58. The zero-order chi connectivity index (χ0) is 20.5. The van der Waals surface area contributed by atoms with E-state index in [9.17, 15) is 9.59 Å². The van der Waals surface area contributed by atoms with Gasteiger partial charge in [-0.15, -0.1) is 0 Å². The van der Waals surface area contributed by atoms with E-state index in [0.29, 0.717) is 10.4 Å². The Morgan fingerprint density at radius 3 is 2.62 bits per heavy atom. The van der Waals surface area contributed by atoms with Crippen LogP contribution in [0.5, 0.6) is 0 Å². The first-order valence-electron chi connectivity index (χ1n) is 9.22. The minimum absolute atomic E-state index is 0.00104. The van der Waals surface area contributed by atoms with E-state index in [0.717, 1.165) is 32.1 Å². The number of carbonyl (C=O) groups is 2. The number of aromatic nitrogens is 1. The molecule has 0 unspecified atom stereocenters. The molecule has 0 radical (unpaired) electrons. The molecule has 0 atom stereocenters. The molecule has 1 heterocycles. The molecule has 0 spiro atoms. The SMILES string of the molecule is COC(=O)Cn1c(=NC(=O)c2cccc3ccccc23)sc2c(C)cc(C)cc21. The molecule has 1 aromatic heterocycles. The fourth-order valence-electron chi connectivity index (χ4n) is 3.50. The molecule has 6 heteroatoms. The maximum Gasteiger partial charge on any atom is 0.325 e. The highest BCUT2D eigenvalue weighted by atomic mass is 32.1. The van der Waals surface area contributed by atoms with E-state index in [1.54, 1.807) is 10.6 Å². The number of hydrogen-bond acceptors (Lipinski definition) is 4. The molecule has 0 aliphatic rings. The van der Waals surface area contributed by atoms with Crippen molar-refractivity contribution in [1.29, 1.82) is 0 Å². The Hall–Kier alpha value is -3.25. The molecule has 0 saturated carbocycles. The lowest BCUT2D eigenvalue weighted by atomic mass is 10.0. The van der Waals surface area contributed by atoms with E-state index in [1.807, 2.05) is 56.3 Å². The summed E-state index contributed by atoms with van der Waals surface area (Å²) in [6.07, 6.45) is 0. The van der Waals surface area contributed by atoms with E-state index in [4.69, 9.17) is 4.74 Å². The van der Waals surface area contributed by atoms with Gasteiger partial charge in [-0.25, -0.2) is 0 Å². The lowest BCUT2D eigenvalue weighted by Gasteiger charge is -2.06. The Kier molecular flexibility index (Phi) is 5.03. The van der Waals surface area contributed by atoms with Crippen LogP contribution < -0.4 is 4.80 Å². The fourth-order valence-corrected chi connectivity index (χ4v) is 4.58. The molecule has 1 amide bonds. The number of hydrogen-bond donors (Lipinski definition) is 0. The van der Waals surface area contributed by atoms with Gasteiger partial charge in [0.1, 0.15) is 6.54 Å². The van der Waals surface area contributed by atoms with Crippen molar-refractivity contribution < 1.29 is 14.3 Å². The average Bonchev–Trinajstić information content (AvgIpc) is 3.04. The number of thiazole rings is 1. The normalized spacial score (nSPS) is 11.9. The van der Waals surface area contributed by atoms with Crippen molar-refractivity contribution in [2.24, 2.45) is 4.99 Å². The second kappa shape index (κ2) is 7.64. The number of ether oxygens (including phenoxy) is 1. The van der Waals surface area contributed by atoms with Crippen LogP contribution in [-0.4, -0.2) is 23.6 Å². The number of amides is 1. The summed E-state index contributed by atoms with van der Waals surface area (Å²) in [6.45, 7) is 4.02. The number of aryl methyl sites for hydroxylation is 2. The maximum absolute atomic E-state index is 13.1. The third kappa shape index (κ3) is 3.59. The van der Waals surface area contributed by atoms with Gasteiger partial charge in [0.05, 0.1) is 17.3 Å². The van der Waals surface area contributed by atoms with Crippen LogP contribution >= 0.6 is 11.3 Å². The predicted molar refractivity (Wildman–Crippen MR) is 115 cm³/mol. The lowest BCUT2D eigenvalue weighted by molar-refractivity contribution is -0.141. The zero-order valence-electron chi connectivity index (χ0n) is 16.4. The average molecular weight is 404 g/mol. The van der Waals surface area contributed by atoms with Gasteiger partial charge in [0, 0.05) is 5.56 Å². The van der Waals surface area contributed by atoms with Crippen LogP contribution in [0.4, 0.5) is 0 Å². The van der Waals surface area contributed by atoms with E-state index in [2.05, 4.69) is 11.1 Å². The van der Waals surface area contributed by atoms with Crippen LogP contribution in [0.25, 0.3) is 21.0 Å². The fraction of sp³-hybridized carbons (Fsp3) is 0.174. The molecule has 0 bridgehead atoms. The van der Waals surface area contributed by atoms with Crippen LogP contribution in [0.1, 0.15) is 21.5 Å². The summed E-state index contributed by atoms with van der Waals surface area (Å²) in [4.78, 5) is 30.0. The first-order valence-corrected chi connectivity index (χ1v) is 10.0. The van der Waals surface area contributed by atoms with Crippen LogP contribution in [0.2, 0.25) is 0 Å². The Labute approximate surface area is 171 Å². The summed E-state index contributed by atoms with van der Waals surface area (Å²) < 4.78 is 7.62. The van der Waals surface area contributed by atoms with Crippen molar-refractivity contribution in [3.05, 3.63) is 76.1 Å². The van der Waals surface area contributed by atoms with Gasteiger partial charge in [-0.2, -0.15) is 4.99 Å². The standard InChI is InChI=1S/C23H20N2O3S/c1-14-11-15(2)21-19(12-14)25(13-20(26)28-3)23(29-21)24-22(27)18-10-6-8-16-7-4-5-9-17(16)18/h4-12H,13H2,1-3H3. The molecule has 146 valence electrons. The number of fused-ring (bicyclic) bond motifs is 2. The molecule has 0 aliphatic carbocycles. The number of esters is 1. The highest BCUT2D eigenvalue weighted by molar-refractivity contribution is 7.16.